The van der Waals surface area contributed by atoms with Gasteiger partial charge < -0.3 is 10.1 Å². The smallest absolute Gasteiger partial charge is 0.344 e. The van der Waals surface area contributed by atoms with E-state index in [1.807, 2.05) is 36.4 Å². The number of halogens is 1. The number of hydrazone groups is 1. The summed E-state index contributed by atoms with van der Waals surface area (Å²) in [5.41, 5.74) is 3.99. The van der Waals surface area contributed by atoms with E-state index in [1.54, 1.807) is 54.6 Å². The van der Waals surface area contributed by atoms with Crippen molar-refractivity contribution in [3.63, 3.8) is 0 Å². The van der Waals surface area contributed by atoms with Crippen LogP contribution in [0, 0.1) is 0 Å². The second-order valence-corrected chi connectivity index (χ2v) is 8.30. The van der Waals surface area contributed by atoms with E-state index >= 15 is 0 Å². The minimum Gasteiger partial charge on any atom is -0.423 e. The largest absolute Gasteiger partial charge is 0.423 e. The van der Waals surface area contributed by atoms with E-state index in [2.05, 4.69) is 31.8 Å². The Labute approximate surface area is 209 Å². The summed E-state index contributed by atoms with van der Waals surface area (Å²) in [5.74, 6) is -0.901. The number of hydrogen-bond acceptors (Lipinski definition) is 5. The molecule has 4 rings (SSSR count). The average molecular weight is 530 g/mol. The molecule has 8 heteroatoms. The van der Waals surface area contributed by atoms with Gasteiger partial charge in [-0.05, 0) is 74.7 Å². The van der Waals surface area contributed by atoms with Crippen molar-refractivity contribution in [3.8, 4) is 5.75 Å². The first kappa shape index (κ1) is 23.8. The molecule has 0 aliphatic heterocycles. The van der Waals surface area contributed by atoms with E-state index in [1.165, 1.54) is 6.21 Å². The Morgan fingerprint density at radius 1 is 0.829 bits per heavy atom. The van der Waals surface area contributed by atoms with Gasteiger partial charge in [-0.25, -0.2) is 10.2 Å². The SMILES string of the molecule is O=C(CNC(=O)c1cccc2ccccc12)N/N=C/c1ccc(OC(=O)c2ccccc2Br)cc1. The van der Waals surface area contributed by atoms with Crippen molar-refractivity contribution in [1.29, 1.82) is 0 Å². The molecule has 0 spiro atoms. The molecule has 35 heavy (non-hydrogen) atoms. The Morgan fingerprint density at radius 3 is 2.31 bits per heavy atom. The molecule has 0 aliphatic carbocycles. The third-order valence-electron chi connectivity index (χ3n) is 5.03. The van der Waals surface area contributed by atoms with Crippen LogP contribution < -0.4 is 15.5 Å². The highest BCUT2D eigenvalue weighted by Gasteiger charge is 2.12. The molecule has 0 atom stereocenters. The Kier molecular flexibility index (Phi) is 7.64. The Hall–Kier alpha value is -4.30. The van der Waals surface area contributed by atoms with Crippen LogP contribution in [-0.4, -0.2) is 30.5 Å². The molecular weight excluding hydrogens is 510 g/mol. The van der Waals surface area contributed by atoms with Crippen molar-refractivity contribution in [2.75, 3.05) is 6.54 Å². The minimum atomic E-state index is -0.475. The van der Waals surface area contributed by atoms with Gasteiger partial charge in [0.15, 0.2) is 0 Å². The topological polar surface area (TPSA) is 96.9 Å². The molecule has 0 aromatic heterocycles. The fraction of sp³-hybridized carbons (Fsp3) is 0.0370. The van der Waals surface area contributed by atoms with Crippen molar-refractivity contribution in [2.45, 2.75) is 0 Å². The first-order chi connectivity index (χ1) is 17.0. The summed E-state index contributed by atoms with van der Waals surface area (Å²) in [6.07, 6.45) is 1.45. The van der Waals surface area contributed by atoms with Gasteiger partial charge in [-0.3, -0.25) is 9.59 Å². The number of rotatable bonds is 7. The predicted molar refractivity (Wildman–Crippen MR) is 138 cm³/mol. The summed E-state index contributed by atoms with van der Waals surface area (Å²) >= 11 is 3.33. The maximum Gasteiger partial charge on any atom is 0.344 e. The lowest BCUT2D eigenvalue weighted by Gasteiger charge is -2.07. The van der Waals surface area contributed by atoms with Gasteiger partial charge in [-0.1, -0.05) is 48.5 Å². The van der Waals surface area contributed by atoms with Gasteiger partial charge in [0.25, 0.3) is 11.8 Å². The lowest BCUT2D eigenvalue weighted by atomic mass is 10.0. The molecule has 7 nitrogen and oxygen atoms in total. The highest BCUT2D eigenvalue weighted by molar-refractivity contribution is 9.10. The van der Waals surface area contributed by atoms with Crippen LogP contribution in [0.15, 0.2) is 101 Å². The molecule has 0 bridgehead atoms. The van der Waals surface area contributed by atoms with Crippen molar-refractivity contribution >= 4 is 50.7 Å². The number of ether oxygens (including phenoxy) is 1. The fourth-order valence-corrected chi connectivity index (χ4v) is 3.75. The number of fused-ring (bicyclic) bond motifs is 1. The molecule has 0 aliphatic rings. The average Bonchev–Trinajstić information content (AvgIpc) is 2.88. The van der Waals surface area contributed by atoms with Crippen molar-refractivity contribution < 1.29 is 19.1 Å². The molecule has 4 aromatic rings. The Bertz CT molecular complexity index is 1410. The highest BCUT2D eigenvalue weighted by atomic mass is 79.9. The Morgan fingerprint density at radius 2 is 1.51 bits per heavy atom. The highest BCUT2D eigenvalue weighted by Crippen LogP contribution is 2.20. The summed E-state index contributed by atoms with van der Waals surface area (Å²) in [6, 6.07) is 26.6. The molecular formula is C27H20BrN3O4. The summed E-state index contributed by atoms with van der Waals surface area (Å²) in [5, 5.41) is 8.27. The van der Waals surface area contributed by atoms with Gasteiger partial charge in [-0.2, -0.15) is 5.10 Å². The lowest BCUT2D eigenvalue weighted by Crippen LogP contribution is -2.35. The van der Waals surface area contributed by atoms with Crippen LogP contribution in [0.25, 0.3) is 10.8 Å². The van der Waals surface area contributed by atoms with Gasteiger partial charge in [0.2, 0.25) is 0 Å². The van der Waals surface area contributed by atoms with Crippen LogP contribution in [-0.2, 0) is 4.79 Å². The van der Waals surface area contributed by atoms with E-state index in [-0.39, 0.29) is 12.5 Å². The molecule has 174 valence electrons. The van der Waals surface area contributed by atoms with Gasteiger partial charge >= 0.3 is 5.97 Å². The first-order valence-corrected chi connectivity index (χ1v) is 11.5. The normalized spacial score (nSPS) is 10.8. The van der Waals surface area contributed by atoms with E-state index in [0.717, 1.165) is 10.8 Å². The first-order valence-electron chi connectivity index (χ1n) is 10.7. The van der Waals surface area contributed by atoms with E-state index in [9.17, 15) is 14.4 Å². The number of carbonyl (C=O) groups is 3. The summed E-state index contributed by atoms with van der Waals surface area (Å²) < 4.78 is 6.02. The molecule has 0 fully saturated rings. The van der Waals surface area contributed by atoms with Crippen LogP contribution in [0.5, 0.6) is 5.75 Å². The van der Waals surface area contributed by atoms with E-state index < -0.39 is 11.9 Å². The number of nitrogens with zero attached hydrogens (tertiary/aromatic N) is 1. The van der Waals surface area contributed by atoms with Crippen LogP contribution in [0.2, 0.25) is 0 Å². The quantitative estimate of drug-likeness (QED) is 0.157. The molecule has 0 heterocycles. The second-order valence-electron chi connectivity index (χ2n) is 7.44. The van der Waals surface area contributed by atoms with E-state index in [0.29, 0.717) is 26.9 Å². The van der Waals surface area contributed by atoms with Gasteiger partial charge in [0.1, 0.15) is 5.75 Å². The molecule has 0 saturated heterocycles. The maximum absolute atomic E-state index is 12.5. The number of hydrogen-bond donors (Lipinski definition) is 2. The third-order valence-corrected chi connectivity index (χ3v) is 5.72. The lowest BCUT2D eigenvalue weighted by molar-refractivity contribution is -0.120. The van der Waals surface area contributed by atoms with Crippen LogP contribution >= 0.6 is 15.9 Å². The van der Waals surface area contributed by atoms with Crippen LogP contribution in [0.1, 0.15) is 26.3 Å². The van der Waals surface area contributed by atoms with E-state index in [4.69, 9.17) is 4.74 Å². The van der Waals surface area contributed by atoms with Gasteiger partial charge in [-0.15, -0.1) is 0 Å². The second kappa shape index (κ2) is 11.2. The zero-order valence-corrected chi connectivity index (χ0v) is 20.0. The number of carbonyl (C=O) groups excluding carboxylic acids is 3. The molecule has 4 aromatic carbocycles. The van der Waals surface area contributed by atoms with Crippen LogP contribution in [0.3, 0.4) is 0 Å². The molecule has 0 saturated carbocycles. The number of benzene rings is 4. The zero-order chi connectivity index (χ0) is 24.6. The summed E-state index contributed by atoms with van der Waals surface area (Å²) in [7, 11) is 0. The van der Waals surface area contributed by atoms with Crippen molar-refractivity contribution in [1.82, 2.24) is 10.7 Å². The monoisotopic (exact) mass is 529 g/mol. The maximum atomic E-state index is 12.5. The molecule has 2 N–H and O–H groups in total. The predicted octanol–water partition coefficient (Wildman–Crippen LogP) is 4.70. The number of nitrogens with one attached hydrogen (secondary N) is 2. The number of esters is 1. The van der Waals surface area contributed by atoms with Gasteiger partial charge in [0.05, 0.1) is 18.3 Å². The fourth-order valence-electron chi connectivity index (χ4n) is 3.31. The summed E-state index contributed by atoms with van der Waals surface area (Å²) in [4.78, 5) is 36.9. The Balaban J connectivity index is 1.26. The third kappa shape index (κ3) is 6.18. The molecule has 0 unspecified atom stereocenters. The molecule has 2 amide bonds. The molecule has 0 radical (unpaired) electrons. The van der Waals surface area contributed by atoms with Gasteiger partial charge in [0, 0.05) is 10.0 Å². The number of amides is 2. The zero-order valence-electron chi connectivity index (χ0n) is 18.4. The van der Waals surface area contributed by atoms with Crippen LogP contribution in [0.4, 0.5) is 0 Å². The van der Waals surface area contributed by atoms with Crippen molar-refractivity contribution in [3.05, 3.63) is 112 Å². The van der Waals surface area contributed by atoms with Crippen molar-refractivity contribution in [2.24, 2.45) is 5.10 Å². The minimum absolute atomic E-state index is 0.219. The summed E-state index contributed by atoms with van der Waals surface area (Å²) in [6.45, 7) is -0.219. The standard InChI is InChI=1S/C27H20BrN3O4/c28-24-11-4-3-9-23(24)27(34)35-20-14-12-18(13-15-20)16-30-31-25(32)17-29-26(33)22-10-5-7-19-6-1-2-8-21(19)22/h1-16H,17H2,(H,29,33)(H,31,32)/b30-16+.